The normalized spacial score (nSPS) is 14.9. The highest BCUT2D eigenvalue weighted by atomic mass is 32.2. The molecule has 1 atom stereocenters. The summed E-state index contributed by atoms with van der Waals surface area (Å²) >= 11 is 1.55. The number of benzene rings is 3. The SMILES string of the molecule is CCNC(=O)c1cc(CN2C(=O)[C@H](NC(=O)CC(C)(C)NCc3ccco3)CSc3ccccc32)ccc1-c1ccccc1. The first-order valence-electron chi connectivity index (χ1n) is 14.8. The van der Waals surface area contributed by atoms with Crippen molar-refractivity contribution in [3.8, 4) is 11.1 Å². The fraction of sp³-hybridized carbons (Fsp3) is 0.286. The van der Waals surface area contributed by atoms with Crippen LogP contribution in [0.2, 0.25) is 0 Å². The van der Waals surface area contributed by atoms with Crippen molar-refractivity contribution >= 4 is 35.2 Å². The first kappa shape index (κ1) is 31.1. The number of anilines is 1. The second-order valence-electron chi connectivity index (χ2n) is 11.4. The molecule has 8 nitrogen and oxygen atoms in total. The highest BCUT2D eigenvalue weighted by Gasteiger charge is 2.33. The summed E-state index contributed by atoms with van der Waals surface area (Å²) in [6.07, 6.45) is 1.81. The molecule has 2 heterocycles. The maximum absolute atomic E-state index is 14.1. The molecule has 228 valence electrons. The molecule has 1 aromatic heterocycles. The number of carbonyl (C=O) groups is 3. The van der Waals surface area contributed by atoms with E-state index in [0.29, 0.717) is 24.4 Å². The average Bonchev–Trinajstić information content (AvgIpc) is 3.51. The van der Waals surface area contributed by atoms with Crippen molar-refractivity contribution in [1.82, 2.24) is 16.0 Å². The number of nitrogens with one attached hydrogen (secondary N) is 3. The minimum Gasteiger partial charge on any atom is -0.468 e. The Morgan fingerprint density at radius 3 is 2.52 bits per heavy atom. The summed E-state index contributed by atoms with van der Waals surface area (Å²) in [6.45, 7) is 7.04. The van der Waals surface area contributed by atoms with Crippen molar-refractivity contribution in [2.24, 2.45) is 0 Å². The minimum absolute atomic E-state index is 0.167. The topological polar surface area (TPSA) is 104 Å². The standard InChI is InChI=1S/C35H38N4O4S/c1-4-36-33(41)28-19-24(16-17-27(28)25-11-6-5-7-12-25)22-39-30-14-8-9-15-31(30)44-23-29(34(39)42)38-32(40)20-35(2,3)37-21-26-13-10-18-43-26/h5-19,29,37H,4,20-23H2,1-3H3,(H,36,41)(H,38,40)/t29-/m1/s1. The van der Waals surface area contributed by atoms with Crippen LogP contribution in [0.15, 0.2) is 101 Å². The van der Waals surface area contributed by atoms with Gasteiger partial charge in [0.2, 0.25) is 5.91 Å². The van der Waals surface area contributed by atoms with Crippen LogP contribution in [0.25, 0.3) is 11.1 Å². The average molecular weight is 611 g/mol. The molecule has 0 unspecified atom stereocenters. The quantitative estimate of drug-likeness (QED) is 0.199. The van der Waals surface area contributed by atoms with E-state index in [-0.39, 0.29) is 30.7 Å². The highest BCUT2D eigenvalue weighted by molar-refractivity contribution is 7.99. The van der Waals surface area contributed by atoms with Crippen LogP contribution in [0.4, 0.5) is 5.69 Å². The van der Waals surface area contributed by atoms with Crippen LogP contribution in [0.1, 0.15) is 48.9 Å². The Bertz CT molecular complexity index is 1600. The lowest BCUT2D eigenvalue weighted by Gasteiger charge is -2.28. The van der Waals surface area contributed by atoms with E-state index < -0.39 is 11.6 Å². The number of rotatable bonds is 11. The number of hydrogen-bond donors (Lipinski definition) is 3. The van der Waals surface area contributed by atoms with Crippen LogP contribution >= 0.6 is 11.8 Å². The Hall–Kier alpha value is -4.34. The molecule has 0 saturated carbocycles. The Balaban J connectivity index is 1.37. The molecule has 9 heteroatoms. The molecule has 0 aliphatic carbocycles. The number of nitrogens with zero attached hydrogens (tertiary/aromatic N) is 1. The summed E-state index contributed by atoms with van der Waals surface area (Å²) in [6, 6.07) is 26.3. The van der Waals surface area contributed by atoms with Crippen LogP contribution in [0.3, 0.4) is 0 Å². The monoisotopic (exact) mass is 610 g/mol. The minimum atomic E-state index is -0.716. The van der Waals surface area contributed by atoms with Gasteiger partial charge >= 0.3 is 0 Å². The van der Waals surface area contributed by atoms with Gasteiger partial charge in [0.15, 0.2) is 0 Å². The van der Waals surface area contributed by atoms with Gasteiger partial charge in [-0.15, -0.1) is 11.8 Å². The van der Waals surface area contributed by atoms with E-state index in [2.05, 4.69) is 16.0 Å². The Kier molecular flexibility index (Phi) is 9.87. The predicted octanol–water partition coefficient (Wildman–Crippen LogP) is 5.78. The maximum Gasteiger partial charge on any atom is 0.251 e. The Morgan fingerprint density at radius 2 is 1.77 bits per heavy atom. The third-order valence-corrected chi connectivity index (χ3v) is 8.63. The van der Waals surface area contributed by atoms with E-state index in [0.717, 1.165) is 33.0 Å². The number of furan rings is 1. The van der Waals surface area contributed by atoms with E-state index >= 15 is 0 Å². The molecule has 3 N–H and O–H groups in total. The lowest BCUT2D eigenvalue weighted by molar-refractivity contribution is -0.127. The second kappa shape index (κ2) is 14.0. The van der Waals surface area contributed by atoms with Crippen molar-refractivity contribution in [2.45, 2.75) is 56.8 Å². The summed E-state index contributed by atoms with van der Waals surface area (Å²) in [5, 5.41) is 9.29. The number of carbonyl (C=O) groups excluding carboxylic acids is 3. The smallest absolute Gasteiger partial charge is 0.251 e. The zero-order valence-electron chi connectivity index (χ0n) is 25.3. The molecule has 1 aliphatic heterocycles. The summed E-state index contributed by atoms with van der Waals surface area (Å²) in [4.78, 5) is 43.2. The van der Waals surface area contributed by atoms with Crippen molar-refractivity contribution in [3.05, 3.63) is 108 Å². The fourth-order valence-corrected chi connectivity index (χ4v) is 6.33. The summed E-state index contributed by atoms with van der Waals surface area (Å²) in [7, 11) is 0. The van der Waals surface area contributed by atoms with Gasteiger partial charge < -0.3 is 25.3 Å². The molecular weight excluding hydrogens is 572 g/mol. The summed E-state index contributed by atoms with van der Waals surface area (Å²) in [5.41, 5.74) is 3.40. The largest absolute Gasteiger partial charge is 0.468 e. The molecule has 1 aliphatic rings. The molecule has 44 heavy (non-hydrogen) atoms. The molecule has 0 fully saturated rings. The van der Waals surface area contributed by atoms with Crippen LogP contribution in [-0.4, -0.2) is 41.6 Å². The fourth-order valence-electron chi connectivity index (χ4n) is 5.25. The van der Waals surface area contributed by atoms with Crippen LogP contribution < -0.4 is 20.9 Å². The molecule has 3 amide bonds. The Labute approximate surface area is 262 Å². The molecule has 4 aromatic rings. The van der Waals surface area contributed by atoms with Gasteiger partial charge in [-0.3, -0.25) is 14.4 Å². The molecule has 0 bridgehead atoms. The maximum atomic E-state index is 14.1. The number of thioether (sulfide) groups is 1. The van der Waals surface area contributed by atoms with Crippen molar-refractivity contribution in [1.29, 1.82) is 0 Å². The summed E-state index contributed by atoms with van der Waals surface area (Å²) < 4.78 is 5.40. The number of para-hydroxylation sites is 1. The molecule has 0 saturated heterocycles. The third-order valence-electron chi connectivity index (χ3n) is 7.48. The first-order chi connectivity index (χ1) is 21.2. The van der Waals surface area contributed by atoms with Gasteiger partial charge in [-0.1, -0.05) is 54.6 Å². The number of hydrogen-bond acceptors (Lipinski definition) is 6. The molecule has 5 rings (SSSR count). The van der Waals surface area contributed by atoms with Crippen LogP contribution in [0, 0.1) is 0 Å². The van der Waals surface area contributed by atoms with E-state index in [1.54, 1.807) is 22.9 Å². The van der Waals surface area contributed by atoms with Crippen LogP contribution in [0.5, 0.6) is 0 Å². The second-order valence-corrected chi connectivity index (χ2v) is 12.5. The lowest BCUT2D eigenvalue weighted by atomic mass is 9.96. The summed E-state index contributed by atoms with van der Waals surface area (Å²) in [5.74, 6) is 0.630. The van der Waals surface area contributed by atoms with Gasteiger partial charge in [-0.2, -0.15) is 0 Å². The van der Waals surface area contributed by atoms with Crippen molar-refractivity contribution in [3.63, 3.8) is 0 Å². The molecular formula is C35H38N4O4S. The van der Waals surface area contributed by atoms with Gasteiger partial charge in [0.05, 0.1) is 25.0 Å². The van der Waals surface area contributed by atoms with E-state index in [9.17, 15) is 14.4 Å². The third kappa shape index (κ3) is 7.59. The Morgan fingerprint density at radius 1 is 1.00 bits per heavy atom. The van der Waals surface area contributed by atoms with Gasteiger partial charge in [0.1, 0.15) is 11.8 Å². The van der Waals surface area contributed by atoms with E-state index in [1.807, 2.05) is 106 Å². The zero-order chi connectivity index (χ0) is 31.1. The van der Waals surface area contributed by atoms with Gasteiger partial charge in [0, 0.05) is 34.7 Å². The lowest BCUT2D eigenvalue weighted by Crippen LogP contribution is -2.51. The molecule has 0 spiro atoms. The molecule has 0 radical (unpaired) electrons. The first-order valence-corrected chi connectivity index (χ1v) is 15.8. The number of amides is 3. The van der Waals surface area contributed by atoms with Crippen LogP contribution in [-0.2, 0) is 22.7 Å². The highest BCUT2D eigenvalue weighted by Crippen LogP contribution is 2.36. The van der Waals surface area contributed by atoms with E-state index in [4.69, 9.17) is 4.42 Å². The van der Waals surface area contributed by atoms with Gasteiger partial charge in [-0.25, -0.2) is 0 Å². The predicted molar refractivity (Wildman–Crippen MR) is 174 cm³/mol. The van der Waals surface area contributed by atoms with Crippen molar-refractivity contribution in [2.75, 3.05) is 17.2 Å². The zero-order valence-corrected chi connectivity index (χ0v) is 26.1. The molecule has 3 aromatic carbocycles. The van der Waals surface area contributed by atoms with Gasteiger partial charge in [0.25, 0.3) is 11.8 Å². The van der Waals surface area contributed by atoms with Crippen molar-refractivity contribution < 1.29 is 18.8 Å². The van der Waals surface area contributed by atoms with Gasteiger partial charge in [-0.05, 0) is 67.8 Å². The number of fused-ring (bicyclic) bond motifs is 1. The van der Waals surface area contributed by atoms with E-state index in [1.165, 1.54) is 0 Å².